The molecule has 0 radical (unpaired) electrons. The highest BCUT2D eigenvalue weighted by Gasteiger charge is 2.27. The third-order valence-electron chi connectivity index (χ3n) is 5.53. The molecule has 0 unspecified atom stereocenters. The number of hydrogen-bond donors (Lipinski definition) is 0. The Bertz CT molecular complexity index is 1200. The maximum Gasteiger partial charge on any atom is 0.258 e. The van der Waals surface area contributed by atoms with Crippen molar-refractivity contribution in [1.29, 1.82) is 0 Å². The Balaban J connectivity index is 1.54. The van der Waals surface area contributed by atoms with Gasteiger partial charge in [-0.15, -0.1) is 0 Å². The van der Waals surface area contributed by atoms with Crippen LogP contribution in [0.4, 0.5) is 17.2 Å². The number of aromatic nitrogens is 1. The van der Waals surface area contributed by atoms with Gasteiger partial charge in [-0.05, 0) is 41.5 Å². The number of nitrogens with zero attached hydrogens (tertiary/aromatic N) is 3. The van der Waals surface area contributed by atoms with Crippen molar-refractivity contribution in [3.63, 3.8) is 0 Å². The minimum Gasteiger partial charge on any atom is -0.327 e. The van der Waals surface area contributed by atoms with Gasteiger partial charge in [0, 0.05) is 24.4 Å². The molecule has 1 aliphatic rings. The third-order valence-corrected chi connectivity index (χ3v) is 5.53. The number of carbonyl (C=O) groups excluding carboxylic acids is 1. The molecule has 1 aromatic heterocycles. The van der Waals surface area contributed by atoms with Crippen molar-refractivity contribution in [2.24, 2.45) is 0 Å². The molecule has 1 amide bonds. The number of rotatable bonds is 2. The zero-order valence-electron chi connectivity index (χ0n) is 16.7. The van der Waals surface area contributed by atoms with Crippen LogP contribution >= 0.6 is 0 Å². The van der Waals surface area contributed by atoms with Gasteiger partial charge in [0.2, 0.25) is 0 Å². The minimum atomic E-state index is -0.0211. The zero-order valence-corrected chi connectivity index (χ0v) is 16.7. The highest BCUT2D eigenvalue weighted by Crippen LogP contribution is 2.39. The number of anilines is 3. The third kappa shape index (κ3) is 3.12. The summed E-state index contributed by atoms with van der Waals surface area (Å²) in [6.45, 7) is 0.476. The second-order valence-electron chi connectivity index (χ2n) is 7.37. The van der Waals surface area contributed by atoms with E-state index in [2.05, 4.69) is 22.0 Å². The number of fused-ring (bicyclic) bond motifs is 2. The molecule has 0 atom stereocenters. The largest absolute Gasteiger partial charge is 0.327 e. The highest BCUT2D eigenvalue weighted by atomic mass is 16.2. The highest BCUT2D eigenvalue weighted by molar-refractivity contribution is 6.08. The fourth-order valence-electron chi connectivity index (χ4n) is 3.97. The van der Waals surface area contributed by atoms with E-state index in [4.69, 9.17) is 0 Å². The molecule has 3 aromatic carbocycles. The smallest absolute Gasteiger partial charge is 0.258 e. The number of benzene rings is 3. The summed E-state index contributed by atoms with van der Waals surface area (Å²) in [4.78, 5) is 22.0. The molecular weight excluding hydrogens is 370 g/mol. The molecule has 146 valence electrons. The predicted octanol–water partition coefficient (Wildman–Crippen LogP) is 5.68. The van der Waals surface area contributed by atoms with Crippen molar-refractivity contribution in [3.05, 3.63) is 108 Å². The van der Waals surface area contributed by atoms with Crippen LogP contribution in [-0.2, 0) is 6.54 Å². The van der Waals surface area contributed by atoms with Crippen molar-refractivity contribution in [1.82, 2.24) is 4.98 Å². The molecule has 2 heterocycles. The van der Waals surface area contributed by atoms with E-state index in [0.29, 0.717) is 12.1 Å². The number of hydrogen-bond acceptors (Lipinski definition) is 3. The monoisotopic (exact) mass is 391 g/mol. The zero-order chi connectivity index (χ0) is 20.5. The lowest BCUT2D eigenvalue weighted by molar-refractivity contribution is 0.0985. The Morgan fingerprint density at radius 1 is 0.767 bits per heavy atom. The molecule has 0 aliphatic carbocycles. The lowest BCUT2D eigenvalue weighted by Crippen LogP contribution is -2.30. The van der Waals surface area contributed by atoms with E-state index in [1.165, 1.54) is 0 Å². The quantitative estimate of drug-likeness (QED) is 0.441. The van der Waals surface area contributed by atoms with Gasteiger partial charge in [0.25, 0.3) is 5.91 Å². The maximum absolute atomic E-state index is 13.6. The van der Waals surface area contributed by atoms with E-state index in [1.54, 1.807) is 6.20 Å². The normalized spacial score (nSPS) is 12.7. The first-order valence-corrected chi connectivity index (χ1v) is 9.96. The Morgan fingerprint density at radius 2 is 1.43 bits per heavy atom. The molecule has 30 heavy (non-hydrogen) atoms. The van der Waals surface area contributed by atoms with Crippen molar-refractivity contribution < 1.29 is 4.79 Å². The summed E-state index contributed by atoms with van der Waals surface area (Å²) in [5.74, 6) is 0.854. The Hall–Kier alpha value is -3.92. The van der Waals surface area contributed by atoms with Gasteiger partial charge in [0.1, 0.15) is 5.82 Å². The Morgan fingerprint density at radius 3 is 2.20 bits per heavy atom. The predicted molar refractivity (Wildman–Crippen MR) is 121 cm³/mol. The number of carbonyl (C=O) groups is 1. The topological polar surface area (TPSA) is 36.4 Å². The average Bonchev–Trinajstić information content (AvgIpc) is 2.94. The van der Waals surface area contributed by atoms with E-state index in [-0.39, 0.29) is 5.91 Å². The molecular formula is C26H21N3O. The first-order valence-electron chi connectivity index (χ1n) is 9.96. The van der Waals surface area contributed by atoms with Crippen molar-refractivity contribution in [2.45, 2.75) is 6.54 Å². The SMILES string of the molecule is CN1c2ccccc2N(C(=O)c2ccc(-c3ccccc3)cc2)Cc2cccnc21. The minimum absolute atomic E-state index is 0.0211. The Kier molecular flexibility index (Phi) is 4.52. The van der Waals surface area contributed by atoms with Crippen LogP contribution in [0.25, 0.3) is 11.1 Å². The second kappa shape index (κ2) is 7.48. The number of para-hydroxylation sites is 2. The first-order chi connectivity index (χ1) is 14.7. The van der Waals surface area contributed by atoms with Crippen LogP contribution in [0.15, 0.2) is 97.2 Å². The molecule has 0 fully saturated rings. The average molecular weight is 391 g/mol. The van der Waals surface area contributed by atoms with Crippen LogP contribution in [0, 0.1) is 0 Å². The fourth-order valence-corrected chi connectivity index (χ4v) is 3.97. The van der Waals surface area contributed by atoms with Gasteiger partial charge in [0.05, 0.1) is 17.9 Å². The molecule has 0 saturated carbocycles. The van der Waals surface area contributed by atoms with Crippen molar-refractivity contribution in [3.8, 4) is 11.1 Å². The molecule has 0 spiro atoms. The van der Waals surface area contributed by atoms with Crippen LogP contribution in [0.1, 0.15) is 15.9 Å². The first kappa shape index (κ1) is 18.1. The maximum atomic E-state index is 13.6. The van der Waals surface area contributed by atoms with Crippen molar-refractivity contribution >= 4 is 23.1 Å². The van der Waals surface area contributed by atoms with Gasteiger partial charge < -0.3 is 9.80 Å². The molecule has 4 aromatic rings. The van der Waals surface area contributed by atoms with E-state index in [1.807, 2.05) is 90.8 Å². The summed E-state index contributed by atoms with van der Waals surface area (Å²) in [6.07, 6.45) is 1.79. The van der Waals surface area contributed by atoms with Crippen LogP contribution in [0.2, 0.25) is 0 Å². The molecule has 5 rings (SSSR count). The van der Waals surface area contributed by atoms with Gasteiger partial charge in [-0.2, -0.15) is 0 Å². The van der Waals surface area contributed by atoms with Gasteiger partial charge in [-0.25, -0.2) is 4.98 Å². The molecule has 4 heteroatoms. The molecule has 0 bridgehead atoms. The number of amides is 1. The van der Waals surface area contributed by atoms with Gasteiger partial charge >= 0.3 is 0 Å². The van der Waals surface area contributed by atoms with Gasteiger partial charge in [-0.3, -0.25) is 4.79 Å². The Labute approximate surface area is 176 Å². The van der Waals surface area contributed by atoms with Crippen LogP contribution in [0.3, 0.4) is 0 Å². The van der Waals surface area contributed by atoms with E-state index in [9.17, 15) is 4.79 Å². The molecule has 0 N–H and O–H groups in total. The molecule has 0 saturated heterocycles. The van der Waals surface area contributed by atoms with Gasteiger partial charge in [0.15, 0.2) is 0 Å². The second-order valence-corrected chi connectivity index (χ2v) is 7.37. The molecule has 1 aliphatic heterocycles. The summed E-state index contributed by atoms with van der Waals surface area (Å²) >= 11 is 0. The van der Waals surface area contributed by atoms with Crippen LogP contribution < -0.4 is 9.80 Å². The van der Waals surface area contributed by atoms with Crippen LogP contribution in [0.5, 0.6) is 0 Å². The summed E-state index contributed by atoms with van der Waals surface area (Å²) in [5, 5.41) is 0. The standard InChI is InChI=1S/C26H21N3O/c1-28-23-11-5-6-12-24(23)29(18-22-10-7-17-27-25(22)28)26(30)21-15-13-20(14-16-21)19-8-3-2-4-9-19/h2-17H,18H2,1H3. The summed E-state index contributed by atoms with van der Waals surface area (Å²) in [7, 11) is 1.99. The fraction of sp³-hybridized carbons (Fsp3) is 0.0769. The van der Waals surface area contributed by atoms with E-state index < -0.39 is 0 Å². The summed E-state index contributed by atoms with van der Waals surface area (Å²) in [5.41, 5.74) is 5.76. The lowest BCUT2D eigenvalue weighted by atomic mass is 10.0. The lowest BCUT2D eigenvalue weighted by Gasteiger charge is -2.24. The summed E-state index contributed by atoms with van der Waals surface area (Å²) in [6, 6.07) is 29.9. The van der Waals surface area contributed by atoms with E-state index in [0.717, 1.165) is 33.9 Å². The number of pyridine rings is 1. The molecule has 4 nitrogen and oxygen atoms in total. The van der Waals surface area contributed by atoms with Gasteiger partial charge in [-0.1, -0.05) is 60.7 Å². The van der Waals surface area contributed by atoms with Crippen molar-refractivity contribution in [2.75, 3.05) is 16.8 Å². The summed E-state index contributed by atoms with van der Waals surface area (Å²) < 4.78 is 0. The van der Waals surface area contributed by atoms with Crippen LogP contribution in [-0.4, -0.2) is 17.9 Å². The van der Waals surface area contributed by atoms with E-state index >= 15 is 0 Å².